The molecule has 0 saturated heterocycles. The van der Waals surface area contributed by atoms with E-state index in [9.17, 15) is 0 Å². The van der Waals surface area contributed by atoms with Crippen LogP contribution in [0.15, 0.2) is 28.1 Å². The molecule has 0 atom stereocenters. The van der Waals surface area contributed by atoms with Crippen molar-refractivity contribution in [1.82, 2.24) is 0 Å². The van der Waals surface area contributed by atoms with Crippen LogP contribution in [0.2, 0.25) is 5.02 Å². The lowest BCUT2D eigenvalue weighted by Gasteiger charge is -2.04. The van der Waals surface area contributed by atoms with Crippen molar-refractivity contribution in [2.45, 2.75) is 11.4 Å². The molecule has 0 radical (unpaired) electrons. The molecule has 13 heavy (non-hydrogen) atoms. The monoisotopic (exact) mass is 231 g/mol. The van der Waals surface area contributed by atoms with Crippen LogP contribution in [0.4, 0.5) is 0 Å². The largest absolute Gasteiger partial charge is 0.272 e. The maximum atomic E-state index is 6.04. The van der Waals surface area contributed by atoms with Gasteiger partial charge in [0.2, 0.25) is 0 Å². The Morgan fingerprint density at radius 1 is 1.31 bits per heavy atom. The molecule has 0 amide bonds. The quantitative estimate of drug-likeness (QED) is 0.665. The SMILES string of the molecule is ClC1=NCc2c(Cl)cccc2SC1. The summed E-state index contributed by atoms with van der Waals surface area (Å²) in [6.45, 7) is 0.598. The Labute approximate surface area is 91.1 Å². The average Bonchev–Trinajstić information content (AvgIpc) is 2.30. The van der Waals surface area contributed by atoms with Gasteiger partial charge in [-0.2, -0.15) is 0 Å². The van der Waals surface area contributed by atoms with E-state index >= 15 is 0 Å². The first-order valence-electron chi connectivity index (χ1n) is 3.86. The van der Waals surface area contributed by atoms with Gasteiger partial charge in [0.15, 0.2) is 0 Å². The number of hydrogen-bond acceptors (Lipinski definition) is 2. The summed E-state index contributed by atoms with van der Waals surface area (Å²) < 4.78 is 0. The summed E-state index contributed by atoms with van der Waals surface area (Å²) in [5.74, 6) is 0.745. The van der Waals surface area contributed by atoms with Crippen molar-refractivity contribution >= 4 is 40.1 Å². The third-order valence-corrected chi connectivity index (χ3v) is 3.71. The Hall–Kier alpha value is -0.180. The zero-order valence-electron chi connectivity index (χ0n) is 6.76. The highest BCUT2D eigenvalue weighted by Gasteiger charge is 2.11. The minimum absolute atomic E-state index is 0.598. The van der Waals surface area contributed by atoms with E-state index in [1.54, 1.807) is 11.8 Å². The molecule has 0 aromatic heterocycles. The molecule has 0 N–H and O–H groups in total. The number of nitrogens with zero attached hydrogens (tertiary/aromatic N) is 1. The first-order chi connectivity index (χ1) is 6.27. The standard InChI is InChI=1S/C9H7Cl2NS/c10-7-2-1-3-8-6(7)4-12-9(11)5-13-8/h1-3H,4-5H2. The predicted octanol–water partition coefficient (Wildman–Crippen LogP) is 3.58. The number of rotatable bonds is 0. The fourth-order valence-electron chi connectivity index (χ4n) is 1.18. The Morgan fingerprint density at radius 2 is 2.15 bits per heavy atom. The lowest BCUT2D eigenvalue weighted by atomic mass is 10.2. The van der Waals surface area contributed by atoms with Gasteiger partial charge in [0.1, 0.15) is 5.17 Å². The number of thioether (sulfide) groups is 1. The van der Waals surface area contributed by atoms with Gasteiger partial charge in [-0.25, -0.2) is 0 Å². The smallest absolute Gasteiger partial charge is 0.111 e. The Morgan fingerprint density at radius 3 is 3.00 bits per heavy atom. The molecule has 4 heteroatoms. The lowest BCUT2D eigenvalue weighted by Crippen LogP contribution is -1.87. The van der Waals surface area contributed by atoms with E-state index in [0.29, 0.717) is 11.7 Å². The summed E-state index contributed by atoms with van der Waals surface area (Å²) in [6, 6.07) is 5.89. The zero-order valence-corrected chi connectivity index (χ0v) is 9.09. The second kappa shape index (κ2) is 3.91. The van der Waals surface area contributed by atoms with Crippen LogP contribution in [0.5, 0.6) is 0 Å². The molecule has 0 saturated carbocycles. The summed E-state index contributed by atoms with van der Waals surface area (Å²) in [4.78, 5) is 5.39. The molecular formula is C9H7Cl2NS. The van der Waals surface area contributed by atoms with E-state index in [-0.39, 0.29) is 0 Å². The molecule has 0 fully saturated rings. The molecule has 1 aromatic carbocycles. The molecule has 1 aliphatic rings. The van der Waals surface area contributed by atoms with Crippen LogP contribution in [-0.4, -0.2) is 10.9 Å². The van der Waals surface area contributed by atoms with E-state index in [4.69, 9.17) is 23.2 Å². The van der Waals surface area contributed by atoms with Gasteiger partial charge in [-0.15, -0.1) is 11.8 Å². The topological polar surface area (TPSA) is 12.4 Å². The van der Waals surface area contributed by atoms with Gasteiger partial charge < -0.3 is 0 Å². The molecule has 0 bridgehead atoms. The first kappa shape index (κ1) is 9.38. The number of aliphatic imine (C=N–C) groups is 1. The van der Waals surface area contributed by atoms with Gasteiger partial charge in [0, 0.05) is 15.5 Å². The van der Waals surface area contributed by atoms with E-state index in [1.165, 1.54) is 4.90 Å². The Kier molecular flexibility index (Phi) is 2.82. The van der Waals surface area contributed by atoms with Crippen LogP contribution in [0, 0.1) is 0 Å². The molecule has 2 rings (SSSR count). The molecular weight excluding hydrogens is 225 g/mol. The Bertz CT molecular complexity index is 363. The summed E-state index contributed by atoms with van der Waals surface area (Å²) in [6.07, 6.45) is 0. The van der Waals surface area contributed by atoms with Crippen LogP contribution >= 0.6 is 35.0 Å². The van der Waals surface area contributed by atoms with Gasteiger partial charge in [0.05, 0.1) is 12.3 Å². The minimum Gasteiger partial charge on any atom is -0.272 e. The van der Waals surface area contributed by atoms with Gasteiger partial charge in [-0.3, -0.25) is 4.99 Å². The molecule has 0 unspecified atom stereocenters. The summed E-state index contributed by atoms with van der Waals surface area (Å²) in [7, 11) is 0. The average molecular weight is 232 g/mol. The van der Waals surface area contributed by atoms with E-state index in [1.807, 2.05) is 12.1 Å². The maximum absolute atomic E-state index is 6.04. The maximum Gasteiger partial charge on any atom is 0.111 e. The van der Waals surface area contributed by atoms with Crippen molar-refractivity contribution in [3.8, 4) is 0 Å². The molecule has 1 heterocycles. The molecule has 1 aliphatic heterocycles. The summed E-state index contributed by atoms with van der Waals surface area (Å²) in [5, 5.41) is 1.44. The second-order valence-corrected chi connectivity index (χ2v) is 4.56. The molecule has 1 nitrogen and oxygen atoms in total. The minimum atomic E-state index is 0.598. The van der Waals surface area contributed by atoms with Gasteiger partial charge in [-0.1, -0.05) is 29.3 Å². The number of halogens is 2. The van der Waals surface area contributed by atoms with Gasteiger partial charge in [0.25, 0.3) is 0 Å². The van der Waals surface area contributed by atoms with Crippen molar-refractivity contribution in [2.24, 2.45) is 4.99 Å². The number of benzene rings is 1. The third-order valence-electron chi connectivity index (χ3n) is 1.83. The van der Waals surface area contributed by atoms with Crippen molar-refractivity contribution in [1.29, 1.82) is 0 Å². The van der Waals surface area contributed by atoms with Crippen LogP contribution in [0.1, 0.15) is 5.56 Å². The highest BCUT2D eigenvalue weighted by Crippen LogP contribution is 2.31. The van der Waals surface area contributed by atoms with Crippen molar-refractivity contribution in [3.05, 3.63) is 28.8 Å². The summed E-state index contributed by atoms with van der Waals surface area (Å²) in [5.41, 5.74) is 1.09. The van der Waals surface area contributed by atoms with E-state index in [0.717, 1.165) is 16.3 Å². The fourth-order valence-corrected chi connectivity index (χ4v) is 2.58. The van der Waals surface area contributed by atoms with Gasteiger partial charge in [-0.05, 0) is 12.1 Å². The fraction of sp³-hybridized carbons (Fsp3) is 0.222. The van der Waals surface area contributed by atoms with Crippen LogP contribution in [-0.2, 0) is 6.54 Å². The van der Waals surface area contributed by atoms with Crippen molar-refractivity contribution < 1.29 is 0 Å². The van der Waals surface area contributed by atoms with Gasteiger partial charge >= 0.3 is 0 Å². The van der Waals surface area contributed by atoms with Crippen LogP contribution < -0.4 is 0 Å². The molecule has 1 aromatic rings. The second-order valence-electron chi connectivity index (χ2n) is 2.70. The first-order valence-corrected chi connectivity index (χ1v) is 5.60. The predicted molar refractivity (Wildman–Crippen MR) is 59.2 cm³/mol. The molecule has 0 spiro atoms. The summed E-state index contributed by atoms with van der Waals surface area (Å²) >= 11 is 13.6. The van der Waals surface area contributed by atoms with Crippen LogP contribution in [0.25, 0.3) is 0 Å². The van der Waals surface area contributed by atoms with E-state index < -0.39 is 0 Å². The Balaban J connectivity index is 2.44. The van der Waals surface area contributed by atoms with Crippen molar-refractivity contribution in [3.63, 3.8) is 0 Å². The molecule has 0 aliphatic carbocycles. The zero-order chi connectivity index (χ0) is 9.26. The highest BCUT2D eigenvalue weighted by atomic mass is 35.5. The molecule has 68 valence electrons. The number of hydrogen-bond donors (Lipinski definition) is 0. The third kappa shape index (κ3) is 2.01. The highest BCUT2D eigenvalue weighted by molar-refractivity contribution is 8.00. The van der Waals surface area contributed by atoms with E-state index in [2.05, 4.69) is 11.1 Å². The van der Waals surface area contributed by atoms with Crippen molar-refractivity contribution in [2.75, 3.05) is 5.75 Å². The van der Waals surface area contributed by atoms with Crippen LogP contribution in [0.3, 0.4) is 0 Å². The normalized spacial score (nSPS) is 16.0. The lowest BCUT2D eigenvalue weighted by molar-refractivity contribution is 1.04. The number of fused-ring (bicyclic) bond motifs is 1.